The molecular weight excluding hydrogens is 342 g/mol. The number of hydrogen-bond acceptors (Lipinski definition) is 8. The van der Waals surface area contributed by atoms with E-state index in [1.165, 1.54) is 20.1 Å². The van der Waals surface area contributed by atoms with Gasteiger partial charge in [-0.25, -0.2) is 4.79 Å². The molecule has 136 valence electrons. The summed E-state index contributed by atoms with van der Waals surface area (Å²) in [6, 6.07) is -0.850. The fourth-order valence-electron chi connectivity index (χ4n) is 2.85. The summed E-state index contributed by atoms with van der Waals surface area (Å²) in [7, 11) is -2.65. The van der Waals surface area contributed by atoms with Crippen molar-refractivity contribution in [2.45, 2.75) is 50.9 Å². The van der Waals surface area contributed by atoms with Gasteiger partial charge in [0.25, 0.3) is 10.1 Å². The van der Waals surface area contributed by atoms with Crippen LogP contribution in [0.1, 0.15) is 20.8 Å². The van der Waals surface area contributed by atoms with Crippen LogP contribution in [-0.2, 0) is 38.1 Å². The van der Waals surface area contributed by atoms with E-state index in [9.17, 15) is 18.0 Å². The summed E-state index contributed by atoms with van der Waals surface area (Å²) in [4.78, 5) is 23.6. The number of fused-ring (bicyclic) bond motifs is 1. The number of nitrogens with one attached hydrogen (secondary N) is 1. The third-order valence-corrected chi connectivity index (χ3v) is 4.14. The maximum atomic E-state index is 12.0. The zero-order valence-corrected chi connectivity index (χ0v) is 14.9. The van der Waals surface area contributed by atoms with Gasteiger partial charge in [0.1, 0.15) is 18.3 Å². The monoisotopic (exact) mass is 363 g/mol. The minimum atomic E-state index is -3.85. The van der Waals surface area contributed by atoms with Crippen molar-refractivity contribution >= 4 is 22.0 Å². The van der Waals surface area contributed by atoms with Gasteiger partial charge in [-0.1, -0.05) is 0 Å². The highest BCUT2D eigenvalue weighted by Crippen LogP contribution is 2.38. The first-order chi connectivity index (χ1) is 10.9. The predicted molar refractivity (Wildman–Crippen MR) is 81.2 cm³/mol. The van der Waals surface area contributed by atoms with E-state index < -0.39 is 52.1 Å². The van der Waals surface area contributed by atoms with E-state index in [1.54, 1.807) is 13.8 Å². The van der Waals surface area contributed by atoms with Crippen LogP contribution in [0.3, 0.4) is 0 Å². The number of esters is 1. The molecule has 0 aromatic carbocycles. The van der Waals surface area contributed by atoms with Crippen molar-refractivity contribution in [3.63, 3.8) is 0 Å². The highest BCUT2D eigenvalue weighted by Gasteiger charge is 2.54. The van der Waals surface area contributed by atoms with E-state index in [1.807, 2.05) is 0 Å². The number of methoxy groups -OCH3 is 1. The molecule has 0 radical (unpaired) electrons. The van der Waals surface area contributed by atoms with Crippen LogP contribution in [0.4, 0.5) is 0 Å². The Hall–Kier alpha value is -1.49. The largest absolute Gasteiger partial charge is 0.466 e. The average Bonchev–Trinajstić information content (AvgIpc) is 2.73. The Bertz CT molecular complexity index is 668. The molecule has 0 saturated carbocycles. The molecule has 1 amide bonds. The Morgan fingerprint density at radius 2 is 1.92 bits per heavy atom. The van der Waals surface area contributed by atoms with Gasteiger partial charge in [0.15, 0.2) is 5.79 Å². The lowest BCUT2D eigenvalue weighted by molar-refractivity contribution is -0.150. The van der Waals surface area contributed by atoms with Crippen LogP contribution in [0.2, 0.25) is 0 Å². The van der Waals surface area contributed by atoms with Crippen molar-refractivity contribution in [2.24, 2.45) is 0 Å². The number of rotatable bonds is 4. The molecule has 0 bridgehead atoms. The van der Waals surface area contributed by atoms with E-state index >= 15 is 0 Å². The molecule has 10 heteroatoms. The van der Waals surface area contributed by atoms with E-state index in [-0.39, 0.29) is 5.57 Å². The lowest BCUT2D eigenvalue weighted by atomic mass is 9.87. The van der Waals surface area contributed by atoms with E-state index in [0.717, 1.165) is 6.26 Å². The van der Waals surface area contributed by atoms with Gasteiger partial charge in [0.05, 0.1) is 25.0 Å². The third kappa shape index (κ3) is 4.12. The van der Waals surface area contributed by atoms with Crippen molar-refractivity contribution in [1.29, 1.82) is 0 Å². The van der Waals surface area contributed by atoms with Crippen molar-refractivity contribution in [1.82, 2.24) is 5.32 Å². The van der Waals surface area contributed by atoms with Crippen LogP contribution >= 0.6 is 0 Å². The fraction of sp³-hybridized carbons (Fsp3) is 0.714. The average molecular weight is 363 g/mol. The molecule has 1 saturated heterocycles. The van der Waals surface area contributed by atoms with E-state index in [4.69, 9.17) is 18.4 Å². The van der Waals surface area contributed by atoms with Gasteiger partial charge in [-0.2, -0.15) is 8.42 Å². The first-order valence-electron chi connectivity index (χ1n) is 7.24. The highest BCUT2D eigenvalue weighted by atomic mass is 32.2. The van der Waals surface area contributed by atoms with Crippen molar-refractivity contribution < 1.29 is 36.4 Å². The number of carbonyl (C=O) groups excluding carboxylic acids is 2. The Kier molecular flexibility index (Phi) is 5.05. The summed E-state index contributed by atoms with van der Waals surface area (Å²) >= 11 is 0. The Balaban J connectivity index is 2.48. The van der Waals surface area contributed by atoms with Crippen LogP contribution in [-0.4, -0.2) is 63.8 Å². The Labute approximate surface area is 140 Å². The standard InChI is InChI=1S/C14H21NO8S/c1-7(16)15-10-9(23-24(5,18)19)6-8(13(17)20-4)11-12(10)22-14(2,3)21-11/h6,9-12H,1-5H3,(H,15,16)/t9?,10-,11-,12+/m1/s1. The topological polar surface area (TPSA) is 117 Å². The normalized spacial score (nSPS) is 31.8. The molecule has 1 heterocycles. The number of carbonyl (C=O) groups is 2. The lowest BCUT2D eigenvalue weighted by Crippen LogP contribution is -2.57. The van der Waals surface area contributed by atoms with E-state index in [2.05, 4.69) is 5.32 Å². The van der Waals surface area contributed by atoms with Crippen LogP contribution in [0, 0.1) is 0 Å². The molecule has 2 rings (SSSR count). The van der Waals surface area contributed by atoms with Gasteiger partial charge >= 0.3 is 5.97 Å². The molecule has 2 aliphatic rings. The molecule has 9 nitrogen and oxygen atoms in total. The Morgan fingerprint density at radius 3 is 2.42 bits per heavy atom. The number of ether oxygens (including phenoxy) is 3. The second kappa shape index (κ2) is 6.43. The SMILES string of the molecule is COC(=O)C1=CC(OS(C)(=O)=O)[C@@H](NC(C)=O)[C@@H]2OC(C)(C)O[C@H]12. The lowest BCUT2D eigenvalue weighted by Gasteiger charge is -2.35. The molecule has 1 N–H and O–H groups in total. The van der Waals surface area contributed by atoms with Crippen molar-refractivity contribution in [3.05, 3.63) is 11.6 Å². The molecule has 1 unspecified atom stereocenters. The summed E-state index contributed by atoms with van der Waals surface area (Å²) < 4.78 is 44.4. The van der Waals surface area contributed by atoms with Gasteiger partial charge in [0, 0.05) is 6.92 Å². The number of amides is 1. The van der Waals surface area contributed by atoms with Crippen molar-refractivity contribution in [2.75, 3.05) is 13.4 Å². The Morgan fingerprint density at radius 1 is 1.29 bits per heavy atom. The van der Waals surface area contributed by atoms with Crippen LogP contribution in [0.25, 0.3) is 0 Å². The van der Waals surface area contributed by atoms with Gasteiger partial charge in [0.2, 0.25) is 5.91 Å². The predicted octanol–water partition coefficient (Wildman–Crippen LogP) is -0.531. The van der Waals surface area contributed by atoms with Crippen LogP contribution in [0.15, 0.2) is 11.6 Å². The smallest absolute Gasteiger partial charge is 0.336 e. The first-order valence-corrected chi connectivity index (χ1v) is 9.06. The summed E-state index contributed by atoms with van der Waals surface area (Å²) in [5.74, 6) is -2.11. The minimum Gasteiger partial charge on any atom is -0.466 e. The van der Waals surface area contributed by atoms with Gasteiger partial charge in [-0.15, -0.1) is 0 Å². The zero-order valence-electron chi connectivity index (χ0n) is 14.1. The van der Waals surface area contributed by atoms with E-state index in [0.29, 0.717) is 0 Å². The van der Waals surface area contributed by atoms with Gasteiger partial charge in [-0.05, 0) is 19.9 Å². The van der Waals surface area contributed by atoms with Gasteiger partial charge < -0.3 is 19.5 Å². The fourth-order valence-corrected chi connectivity index (χ4v) is 3.42. The molecule has 1 aliphatic heterocycles. The third-order valence-electron chi connectivity index (χ3n) is 3.56. The molecule has 24 heavy (non-hydrogen) atoms. The number of hydrogen-bond donors (Lipinski definition) is 1. The minimum absolute atomic E-state index is 0.0864. The molecule has 0 aromatic rings. The molecule has 0 aromatic heterocycles. The summed E-state index contributed by atoms with van der Waals surface area (Å²) in [6.07, 6.45) is -0.583. The quantitative estimate of drug-likeness (QED) is 0.523. The van der Waals surface area contributed by atoms with Crippen LogP contribution < -0.4 is 5.32 Å². The second-order valence-corrected chi connectivity index (χ2v) is 7.73. The highest BCUT2D eigenvalue weighted by molar-refractivity contribution is 7.86. The molecule has 0 spiro atoms. The first kappa shape index (κ1) is 18.8. The molecule has 1 aliphatic carbocycles. The van der Waals surface area contributed by atoms with Crippen molar-refractivity contribution in [3.8, 4) is 0 Å². The van der Waals surface area contributed by atoms with Crippen LogP contribution in [0.5, 0.6) is 0 Å². The summed E-state index contributed by atoms with van der Waals surface area (Å²) in [5.41, 5.74) is 0.0864. The maximum absolute atomic E-state index is 12.0. The molecule has 4 atom stereocenters. The zero-order chi connectivity index (χ0) is 18.3. The molecular formula is C14H21NO8S. The second-order valence-electron chi connectivity index (χ2n) is 6.13. The molecule has 1 fully saturated rings. The van der Waals surface area contributed by atoms with Gasteiger partial charge in [-0.3, -0.25) is 8.98 Å². The summed E-state index contributed by atoms with van der Waals surface area (Å²) in [6.45, 7) is 4.59. The maximum Gasteiger partial charge on any atom is 0.336 e. The summed E-state index contributed by atoms with van der Waals surface area (Å²) in [5, 5.41) is 2.61.